The number of fused-ring (bicyclic) bond motifs is 1. The highest BCUT2D eigenvalue weighted by Crippen LogP contribution is 2.34. The number of benzene rings is 2. The number of amides is 1. The summed E-state index contributed by atoms with van der Waals surface area (Å²) in [5.74, 6) is -0.210. The predicted molar refractivity (Wildman–Crippen MR) is 119 cm³/mol. The molecule has 1 fully saturated rings. The number of piperidine rings is 1. The van der Waals surface area contributed by atoms with Crippen LogP contribution >= 0.6 is 0 Å². The van der Waals surface area contributed by atoms with Gasteiger partial charge in [0.15, 0.2) is 5.82 Å². The molecule has 2 aromatic carbocycles. The van der Waals surface area contributed by atoms with Gasteiger partial charge in [-0.3, -0.25) is 14.9 Å². The van der Waals surface area contributed by atoms with Crippen molar-refractivity contribution in [1.82, 2.24) is 19.9 Å². The largest absolute Gasteiger partial charge is 0.319 e. The van der Waals surface area contributed by atoms with Gasteiger partial charge in [0.1, 0.15) is 11.3 Å². The Labute approximate surface area is 181 Å². The lowest BCUT2D eigenvalue weighted by atomic mass is 10.0. The van der Waals surface area contributed by atoms with Crippen molar-refractivity contribution < 1.29 is 14.4 Å². The summed E-state index contributed by atoms with van der Waals surface area (Å²) in [5.41, 5.74) is 4.39. The number of halogens is 1. The normalized spacial score (nSPS) is 17.6. The summed E-state index contributed by atoms with van der Waals surface area (Å²) in [6.45, 7) is 6.36. The second-order valence-electron chi connectivity index (χ2n) is 8.23. The molecule has 7 heteroatoms. The maximum Gasteiger partial charge on any atom is 0.267 e. The lowest BCUT2D eigenvalue weighted by molar-refractivity contribution is -0.124. The first-order valence-corrected chi connectivity index (χ1v) is 10.6. The molecular formula is C24H27FN4O2. The van der Waals surface area contributed by atoms with Crippen molar-refractivity contribution in [3.05, 3.63) is 59.9 Å². The van der Waals surface area contributed by atoms with Crippen molar-refractivity contribution in [2.75, 3.05) is 13.1 Å². The fourth-order valence-electron chi connectivity index (χ4n) is 4.31. The van der Waals surface area contributed by atoms with E-state index in [1.807, 2.05) is 30.3 Å². The van der Waals surface area contributed by atoms with Gasteiger partial charge in [-0.2, -0.15) is 0 Å². The minimum atomic E-state index is -0.601. The fourth-order valence-corrected chi connectivity index (χ4v) is 4.31. The van der Waals surface area contributed by atoms with Gasteiger partial charge in [0.05, 0.1) is 5.52 Å². The number of carbonyl (C=O) groups excluding carboxylic acids is 1. The zero-order valence-corrected chi connectivity index (χ0v) is 17.8. The minimum absolute atomic E-state index is 0.192. The number of hydrogen-bond donors (Lipinski definition) is 2. The molecule has 1 aromatic heterocycles. The number of hydrogen-bond acceptors (Lipinski definition) is 4. The second-order valence-corrected chi connectivity index (χ2v) is 8.23. The Morgan fingerprint density at radius 3 is 2.87 bits per heavy atom. The van der Waals surface area contributed by atoms with E-state index in [1.54, 1.807) is 17.6 Å². The fraction of sp³-hybridized carbons (Fsp3) is 0.333. The average molecular weight is 423 g/mol. The Balaban J connectivity index is 1.81. The van der Waals surface area contributed by atoms with Crippen LogP contribution in [0.4, 0.5) is 4.39 Å². The van der Waals surface area contributed by atoms with E-state index in [1.165, 1.54) is 12.1 Å². The summed E-state index contributed by atoms with van der Waals surface area (Å²) in [7, 11) is 0. The van der Waals surface area contributed by atoms with Gasteiger partial charge in [-0.1, -0.05) is 24.3 Å². The topological polar surface area (TPSA) is 70.4 Å². The Bertz CT molecular complexity index is 1120. The molecular weight excluding hydrogens is 395 g/mol. The van der Waals surface area contributed by atoms with Gasteiger partial charge in [-0.25, -0.2) is 14.9 Å². The highest BCUT2D eigenvalue weighted by atomic mass is 19.1. The number of hydroxylamine groups is 1. The second kappa shape index (κ2) is 8.99. The van der Waals surface area contributed by atoms with Crippen LogP contribution in [0, 0.1) is 5.82 Å². The number of aromatic nitrogens is 2. The molecule has 0 aliphatic carbocycles. The van der Waals surface area contributed by atoms with Crippen molar-refractivity contribution in [1.29, 1.82) is 0 Å². The molecule has 1 atom stereocenters. The maximum absolute atomic E-state index is 14.6. The molecule has 3 aromatic rings. The SMILES string of the molecule is CC(C)N1CCC[C@@H](n2c(-c3cccc(/C=C/C(=O)NO)c3)nc3c(F)cccc32)C1. The molecule has 0 bridgehead atoms. The third-order valence-electron chi connectivity index (χ3n) is 5.88. The number of carbonyl (C=O) groups is 1. The quantitative estimate of drug-likeness (QED) is 0.363. The van der Waals surface area contributed by atoms with Crippen LogP contribution in [0.1, 0.15) is 38.3 Å². The number of rotatable bonds is 5. The van der Waals surface area contributed by atoms with E-state index in [9.17, 15) is 9.18 Å². The smallest absolute Gasteiger partial charge is 0.267 e. The molecule has 1 amide bonds. The van der Waals surface area contributed by atoms with Crippen molar-refractivity contribution in [3.63, 3.8) is 0 Å². The summed E-state index contributed by atoms with van der Waals surface area (Å²) < 4.78 is 16.8. The monoisotopic (exact) mass is 422 g/mol. The van der Waals surface area contributed by atoms with E-state index in [0.717, 1.165) is 48.4 Å². The van der Waals surface area contributed by atoms with Gasteiger partial charge in [-0.15, -0.1) is 0 Å². The first-order valence-electron chi connectivity index (χ1n) is 10.6. The predicted octanol–water partition coefficient (Wildman–Crippen LogP) is 4.41. The number of imidazole rings is 1. The zero-order chi connectivity index (χ0) is 22.0. The maximum atomic E-state index is 14.6. The van der Waals surface area contributed by atoms with Crippen LogP contribution in [-0.4, -0.2) is 44.7 Å². The van der Waals surface area contributed by atoms with Crippen molar-refractivity contribution >= 4 is 23.0 Å². The first-order chi connectivity index (χ1) is 15.0. The standard InChI is InChI=1S/C24H27FN4O2/c1-16(2)28-13-5-8-19(15-28)29-21-10-4-9-20(25)23(21)26-24(29)18-7-3-6-17(14-18)11-12-22(30)27-31/h3-4,6-7,9-12,14,16,19,31H,5,8,13,15H2,1-2H3,(H,27,30)/b12-11+/t19-/m1/s1. The summed E-state index contributed by atoms with van der Waals surface area (Å²) in [5, 5.41) is 8.69. The van der Waals surface area contributed by atoms with Crippen molar-refractivity contribution in [2.45, 2.75) is 38.8 Å². The summed E-state index contributed by atoms with van der Waals surface area (Å²) in [4.78, 5) is 18.5. The van der Waals surface area contributed by atoms with Crippen LogP contribution in [0.3, 0.4) is 0 Å². The molecule has 2 N–H and O–H groups in total. The Morgan fingerprint density at radius 2 is 2.10 bits per heavy atom. The Kier molecular flexibility index (Phi) is 6.15. The van der Waals surface area contributed by atoms with Gasteiger partial charge in [-0.05, 0) is 63.1 Å². The van der Waals surface area contributed by atoms with E-state index in [4.69, 9.17) is 10.2 Å². The van der Waals surface area contributed by atoms with Gasteiger partial charge in [0.2, 0.25) is 0 Å². The summed E-state index contributed by atoms with van der Waals surface area (Å²) in [6.07, 6.45) is 4.96. The van der Waals surface area contributed by atoms with Gasteiger partial charge < -0.3 is 4.57 Å². The number of nitrogens with one attached hydrogen (secondary N) is 1. The molecule has 31 heavy (non-hydrogen) atoms. The highest BCUT2D eigenvalue weighted by Gasteiger charge is 2.27. The summed E-state index contributed by atoms with van der Waals surface area (Å²) in [6, 6.07) is 13.3. The van der Waals surface area contributed by atoms with E-state index >= 15 is 0 Å². The molecule has 2 heterocycles. The molecule has 1 aliphatic heterocycles. The molecule has 0 spiro atoms. The molecule has 0 saturated carbocycles. The molecule has 1 aliphatic rings. The zero-order valence-electron chi connectivity index (χ0n) is 17.8. The molecule has 6 nitrogen and oxygen atoms in total. The van der Waals surface area contributed by atoms with Gasteiger partial charge in [0.25, 0.3) is 5.91 Å². The lowest BCUT2D eigenvalue weighted by Crippen LogP contribution is -2.40. The molecule has 1 saturated heterocycles. The van der Waals surface area contributed by atoms with E-state index in [-0.39, 0.29) is 11.9 Å². The van der Waals surface area contributed by atoms with E-state index in [2.05, 4.69) is 23.3 Å². The van der Waals surface area contributed by atoms with Crippen LogP contribution in [0.5, 0.6) is 0 Å². The van der Waals surface area contributed by atoms with Gasteiger partial charge in [0, 0.05) is 30.3 Å². The van der Waals surface area contributed by atoms with Crippen LogP contribution in [-0.2, 0) is 4.79 Å². The van der Waals surface area contributed by atoms with Crippen molar-refractivity contribution in [3.8, 4) is 11.4 Å². The van der Waals surface area contributed by atoms with Crippen LogP contribution in [0.25, 0.3) is 28.5 Å². The lowest BCUT2D eigenvalue weighted by Gasteiger charge is -2.36. The summed E-state index contributed by atoms with van der Waals surface area (Å²) >= 11 is 0. The highest BCUT2D eigenvalue weighted by molar-refractivity contribution is 5.91. The molecule has 162 valence electrons. The van der Waals surface area contributed by atoms with Crippen molar-refractivity contribution in [2.24, 2.45) is 0 Å². The third-order valence-corrected chi connectivity index (χ3v) is 5.88. The first kappa shape index (κ1) is 21.2. The average Bonchev–Trinajstić information content (AvgIpc) is 3.19. The van der Waals surface area contributed by atoms with Crippen LogP contribution in [0.15, 0.2) is 48.5 Å². The number of para-hydroxylation sites is 1. The Hall–Kier alpha value is -3.03. The van der Waals surface area contributed by atoms with Crippen LogP contribution in [0.2, 0.25) is 0 Å². The van der Waals surface area contributed by atoms with E-state index < -0.39 is 5.91 Å². The van der Waals surface area contributed by atoms with Gasteiger partial charge >= 0.3 is 0 Å². The molecule has 0 unspecified atom stereocenters. The third kappa shape index (κ3) is 4.38. The van der Waals surface area contributed by atoms with Crippen LogP contribution < -0.4 is 5.48 Å². The Morgan fingerprint density at radius 1 is 1.29 bits per heavy atom. The molecule has 4 rings (SSSR count). The van der Waals surface area contributed by atoms with E-state index in [0.29, 0.717) is 11.6 Å². The number of likely N-dealkylation sites (tertiary alicyclic amines) is 1. The molecule has 0 radical (unpaired) electrons. The minimum Gasteiger partial charge on any atom is -0.319 e. The number of nitrogens with zero attached hydrogens (tertiary/aromatic N) is 3.